The number of amides is 1. The van der Waals surface area contributed by atoms with Crippen LogP contribution >= 0.6 is 11.6 Å². The zero-order valence-corrected chi connectivity index (χ0v) is 8.25. The van der Waals surface area contributed by atoms with Crippen molar-refractivity contribution in [2.24, 2.45) is 5.84 Å². The second-order valence-electron chi connectivity index (χ2n) is 2.41. The summed E-state index contributed by atoms with van der Waals surface area (Å²) < 4.78 is 0. The van der Waals surface area contributed by atoms with E-state index in [0.717, 1.165) is 0 Å². The van der Waals surface area contributed by atoms with Crippen molar-refractivity contribution in [1.29, 1.82) is 0 Å². The minimum atomic E-state index is -0.465. The van der Waals surface area contributed by atoms with Crippen LogP contribution in [0.2, 0.25) is 5.28 Å². The van der Waals surface area contributed by atoms with E-state index < -0.39 is 5.91 Å². The molecule has 1 amide bonds. The highest BCUT2D eigenvalue weighted by Crippen LogP contribution is 2.18. The van der Waals surface area contributed by atoms with Crippen molar-refractivity contribution in [3.63, 3.8) is 0 Å². The average molecular weight is 227 g/mol. The number of halogens is 1. The fourth-order valence-corrected chi connectivity index (χ4v) is 0.957. The zero-order chi connectivity index (χ0) is 11.3. The Balaban J connectivity index is 2.85. The number of hydrogen-bond acceptors (Lipinski definition) is 5. The number of hydrogen-bond donors (Lipinski definition) is 3. The Kier molecular flexibility index (Phi) is 3.79. The molecule has 4 N–H and O–H groups in total. The summed E-state index contributed by atoms with van der Waals surface area (Å²) in [4.78, 5) is 21.4. The van der Waals surface area contributed by atoms with Crippen LogP contribution < -0.4 is 16.6 Å². The van der Waals surface area contributed by atoms with Gasteiger partial charge in [0.2, 0.25) is 5.28 Å². The molecular formula is C7H7ClN6O. The average Bonchev–Trinajstić information content (AvgIpc) is 2.21. The highest BCUT2D eigenvalue weighted by molar-refractivity contribution is 6.28. The van der Waals surface area contributed by atoms with Gasteiger partial charge in [-0.15, -0.1) is 0 Å². The first-order chi connectivity index (χ1) is 7.17. The van der Waals surface area contributed by atoms with Gasteiger partial charge in [0.15, 0.2) is 5.82 Å². The molecule has 7 nitrogen and oxygen atoms in total. The third-order valence-corrected chi connectivity index (χ3v) is 1.57. The van der Waals surface area contributed by atoms with Crippen LogP contribution in [0.25, 0.3) is 4.85 Å². The van der Waals surface area contributed by atoms with E-state index in [4.69, 9.17) is 24.0 Å². The van der Waals surface area contributed by atoms with Gasteiger partial charge in [-0.05, 0) is 11.6 Å². The van der Waals surface area contributed by atoms with E-state index in [1.165, 1.54) is 6.20 Å². The molecule has 0 atom stereocenters. The fraction of sp³-hybridized carbons (Fsp3) is 0.143. The van der Waals surface area contributed by atoms with Crippen LogP contribution in [0.5, 0.6) is 0 Å². The third kappa shape index (κ3) is 3.05. The monoisotopic (exact) mass is 226 g/mol. The molecule has 15 heavy (non-hydrogen) atoms. The van der Waals surface area contributed by atoms with Crippen LogP contribution in [0.1, 0.15) is 0 Å². The molecule has 0 spiro atoms. The molecule has 1 aromatic rings. The molecule has 1 aromatic heterocycles. The molecule has 0 saturated carbocycles. The molecule has 1 rings (SSSR count). The summed E-state index contributed by atoms with van der Waals surface area (Å²) in [5.74, 6) is 4.88. The molecule has 0 aromatic carbocycles. The third-order valence-electron chi connectivity index (χ3n) is 1.39. The number of rotatable bonds is 3. The van der Waals surface area contributed by atoms with Crippen molar-refractivity contribution >= 4 is 29.0 Å². The molecule has 0 aliphatic rings. The van der Waals surface area contributed by atoms with Crippen molar-refractivity contribution in [2.45, 2.75) is 0 Å². The number of nitrogens with two attached hydrogens (primary N) is 1. The number of nitrogens with zero attached hydrogens (tertiary/aromatic N) is 3. The molecule has 0 bridgehead atoms. The van der Waals surface area contributed by atoms with E-state index in [1.807, 2.05) is 0 Å². The van der Waals surface area contributed by atoms with Crippen LogP contribution in [-0.2, 0) is 4.79 Å². The Morgan fingerprint density at radius 3 is 3.07 bits per heavy atom. The lowest BCUT2D eigenvalue weighted by Gasteiger charge is -2.06. The fourth-order valence-electron chi connectivity index (χ4n) is 0.823. The van der Waals surface area contributed by atoms with E-state index in [1.54, 1.807) is 0 Å². The topological polar surface area (TPSA) is 97.3 Å². The van der Waals surface area contributed by atoms with E-state index in [9.17, 15) is 4.79 Å². The van der Waals surface area contributed by atoms with Gasteiger partial charge in [-0.1, -0.05) is 0 Å². The van der Waals surface area contributed by atoms with Gasteiger partial charge < -0.3 is 15.6 Å². The Morgan fingerprint density at radius 2 is 2.47 bits per heavy atom. The van der Waals surface area contributed by atoms with Crippen molar-refractivity contribution in [3.05, 3.63) is 22.9 Å². The van der Waals surface area contributed by atoms with Crippen LogP contribution in [0.15, 0.2) is 6.20 Å². The number of nitrogen functional groups attached to an aromatic ring is 1. The maximum atomic E-state index is 11.1. The number of carbonyl (C=O) groups excluding carboxylic acids is 1. The van der Waals surface area contributed by atoms with Crippen molar-refractivity contribution in [1.82, 2.24) is 9.97 Å². The van der Waals surface area contributed by atoms with Crippen molar-refractivity contribution in [3.8, 4) is 0 Å². The smallest absolute Gasteiger partial charge is 0.304 e. The highest BCUT2D eigenvalue weighted by Gasteiger charge is 2.10. The molecule has 0 radical (unpaired) electrons. The molecule has 0 aliphatic heterocycles. The SMILES string of the molecule is [C-]#[N+]CC(=O)Nc1cnc(Cl)nc1NN. The van der Waals surface area contributed by atoms with Crippen LogP contribution in [0, 0.1) is 6.57 Å². The van der Waals surface area contributed by atoms with Gasteiger partial charge in [-0.3, -0.25) is 4.79 Å². The minimum absolute atomic E-state index is 0.00567. The summed E-state index contributed by atoms with van der Waals surface area (Å²) in [6.45, 7) is 6.23. The second-order valence-corrected chi connectivity index (χ2v) is 2.75. The van der Waals surface area contributed by atoms with E-state index >= 15 is 0 Å². The minimum Gasteiger partial charge on any atom is -0.315 e. The number of aromatic nitrogens is 2. The Labute approximate surface area is 90.4 Å². The van der Waals surface area contributed by atoms with Crippen LogP contribution in [-0.4, -0.2) is 22.4 Å². The van der Waals surface area contributed by atoms with Crippen molar-refractivity contribution < 1.29 is 4.79 Å². The van der Waals surface area contributed by atoms with Gasteiger partial charge in [0.25, 0.3) is 6.54 Å². The van der Waals surface area contributed by atoms with Gasteiger partial charge in [0, 0.05) is 0 Å². The second kappa shape index (κ2) is 5.09. The van der Waals surface area contributed by atoms with E-state index in [0.29, 0.717) is 0 Å². The Hall–Kier alpha value is -1.91. The Morgan fingerprint density at radius 1 is 1.73 bits per heavy atom. The molecule has 8 heteroatoms. The summed E-state index contributed by atoms with van der Waals surface area (Å²) in [5, 5.41) is 2.42. The number of nitrogens with one attached hydrogen (secondary N) is 2. The standard InChI is InChI=1S/C7H7ClN6O/c1-10-3-5(15)12-4-2-11-7(8)13-6(4)14-9/h2H,3,9H2,(H,12,15)(H,11,13,14). The maximum Gasteiger partial charge on any atom is 0.304 e. The number of carbonyl (C=O) groups is 1. The summed E-state index contributed by atoms with van der Waals surface area (Å²) in [5.41, 5.74) is 2.53. The summed E-state index contributed by atoms with van der Waals surface area (Å²) in [6, 6.07) is 0. The first kappa shape index (κ1) is 11.2. The molecule has 0 unspecified atom stereocenters. The van der Waals surface area contributed by atoms with Crippen LogP contribution in [0.4, 0.5) is 11.5 Å². The molecular weight excluding hydrogens is 220 g/mol. The quantitative estimate of drug-likeness (QED) is 0.298. The van der Waals surface area contributed by atoms with Gasteiger partial charge in [-0.25, -0.2) is 17.4 Å². The molecule has 0 saturated heterocycles. The maximum absolute atomic E-state index is 11.1. The first-order valence-electron chi connectivity index (χ1n) is 3.79. The summed E-state index contributed by atoms with van der Waals surface area (Å²) in [7, 11) is 0. The lowest BCUT2D eigenvalue weighted by Crippen LogP contribution is -2.18. The largest absolute Gasteiger partial charge is 0.315 e. The van der Waals surface area contributed by atoms with E-state index in [-0.39, 0.29) is 23.3 Å². The Bertz CT molecular complexity index is 414. The predicted octanol–water partition coefficient (Wildman–Crippen LogP) is 0.273. The zero-order valence-electron chi connectivity index (χ0n) is 7.49. The number of anilines is 2. The lowest BCUT2D eigenvalue weighted by atomic mass is 10.4. The summed E-state index contributed by atoms with van der Waals surface area (Å²) >= 11 is 5.51. The van der Waals surface area contributed by atoms with Crippen LogP contribution in [0.3, 0.4) is 0 Å². The molecule has 78 valence electrons. The number of hydrazine groups is 1. The molecule has 0 aliphatic carbocycles. The molecule has 0 fully saturated rings. The van der Waals surface area contributed by atoms with Gasteiger partial charge in [0.1, 0.15) is 5.69 Å². The van der Waals surface area contributed by atoms with E-state index in [2.05, 4.69) is 25.6 Å². The highest BCUT2D eigenvalue weighted by atomic mass is 35.5. The lowest BCUT2D eigenvalue weighted by molar-refractivity contribution is -0.114. The van der Waals surface area contributed by atoms with Gasteiger partial charge >= 0.3 is 5.91 Å². The van der Waals surface area contributed by atoms with Crippen molar-refractivity contribution in [2.75, 3.05) is 17.3 Å². The summed E-state index contributed by atoms with van der Waals surface area (Å²) in [6.07, 6.45) is 1.30. The predicted molar refractivity (Wildman–Crippen MR) is 55.0 cm³/mol. The van der Waals surface area contributed by atoms with Gasteiger partial charge in [-0.2, -0.15) is 4.98 Å². The molecule has 1 heterocycles. The normalized spacial score (nSPS) is 9.13. The van der Waals surface area contributed by atoms with Gasteiger partial charge in [0.05, 0.1) is 6.20 Å². The first-order valence-corrected chi connectivity index (χ1v) is 4.17.